The molecule has 0 bridgehead atoms. The summed E-state index contributed by atoms with van der Waals surface area (Å²) in [6, 6.07) is 0. The quantitative estimate of drug-likeness (QED) is 0.749. The third-order valence-electron chi connectivity index (χ3n) is 5.69. The van der Waals surface area contributed by atoms with Gasteiger partial charge in [0.2, 0.25) is 0 Å². The zero-order valence-corrected chi connectivity index (χ0v) is 16.5. The summed E-state index contributed by atoms with van der Waals surface area (Å²) in [6.07, 6.45) is 9.65. The minimum atomic E-state index is -3.41. The van der Waals surface area contributed by atoms with Gasteiger partial charge in [0.05, 0.1) is 11.4 Å². The Bertz CT molecular complexity index is 665. The highest BCUT2D eigenvalue weighted by Crippen LogP contribution is 2.43. The van der Waals surface area contributed by atoms with E-state index in [-0.39, 0.29) is 5.41 Å². The molecule has 3 nitrogen and oxygen atoms in total. The average Bonchev–Trinajstić information content (AvgIpc) is 2.71. The maximum atomic E-state index is 13.1. The Labute approximate surface area is 147 Å². The highest BCUT2D eigenvalue weighted by Gasteiger charge is 2.45. The Morgan fingerprint density at radius 1 is 1.46 bits per heavy atom. The molecule has 136 valence electrons. The van der Waals surface area contributed by atoms with Gasteiger partial charge in [0.25, 0.3) is 0 Å². The average molecular weight is 353 g/mol. The van der Waals surface area contributed by atoms with Gasteiger partial charge in [0.15, 0.2) is 9.84 Å². The van der Waals surface area contributed by atoms with Gasteiger partial charge in [-0.15, -0.1) is 0 Å². The van der Waals surface area contributed by atoms with E-state index >= 15 is 0 Å². The van der Waals surface area contributed by atoms with Crippen molar-refractivity contribution in [3.05, 3.63) is 34.9 Å². The first-order valence-corrected chi connectivity index (χ1v) is 10.7. The van der Waals surface area contributed by atoms with Gasteiger partial charge in [-0.2, -0.15) is 0 Å². The van der Waals surface area contributed by atoms with Crippen molar-refractivity contribution in [3.8, 4) is 0 Å². The van der Waals surface area contributed by atoms with Crippen LogP contribution in [-0.4, -0.2) is 30.1 Å². The maximum absolute atomic E-state index is 13.1. The molecule has 1 heterocycles. The van der Waals surface area contributed by atoms with Crippen molar-refractivity contribution in [1.29, 1.82) is 0 Å². The van der Waals surface area contributed by atoms with Crippen LogP contribution in [0.4, 0.5) is 0 Å². The Hall–Kier alpha value is -0.870. The molecule has 2 aliphatic rings. The fraction of sp³-hybridized carbons (Fsp3) is 0.700. The number of aliphatic hydroxyl groups is 1. The summed E-state index contributed by atoms with van der Waals surface area (Å²) < 4.78 is 26.1. The van der Waals surface area contributed by atoms with Crippen LogP contribution in [0.1, 0.15) is 66.7 Å². The van der Waals surface area contributed by atoms with E-state index in [0.717, 1.165) is 30.4 Å². The number of sulfone groups is 1. The number of allylic oxidation sites excluding steroid dienone is 3. The summed E-state index contributed by atoms with van der Waals surface area (Å²) in [5.41, 5.74) is 2.95. The zero-order valence-electron chi connectivity index (χ0n) is 15.7. The number of hydrogen-bond acceptors (Lipinski definition) is 3. The van der Waals surface area contributed by atoms with Crippen LogP contribution < -0.4 is 0 Å². The van der Waals surface area contributed by atoms with E-state index in [1.807, 2.05) is 26.8 Å². The SMILES string of the molecule is CC/C=C(\C)C(O)C1C=C(C)C(CC2=CCCCC2(C)C)S1(=O)=O. The van der Waals surface area contributed by atoms with Crippen molar-refractivity contribution in [3.63, 3.8) is 0 Å². The van der Waals surface area contributed by atoms with Crippen molar-refractivity contribution in [2.75, 3.05) is 0 Å². The van der Waals surface area contributed by atoms with Gasteiger partial charge in [-0.3, -0.25) is 0 Å². The summed E-state index contributed by atoms with van der Waals surface area (Å²) in [6.45, 7) is 10.1. The molecule has 0 aromatic carbocycles. The fourth-order valence-electron chi connectivity index (χ4n) is 3.98. The molecule has 1 aliphatic carbocycles. The van der Waals surface area contributed by atoms with Crippen LogP contribution in [0.3, 0.4) is 0 Å². The predicted molar refractivity (Wildman–Crippen MR) is 101 cm³/mol. The maximum Gasteiger partial charge on any atom is 0.166 e. The molecule has 1 N–H and O–H groups in total. The van der Waals surface area contributed by atoms with E-state index in [0.29, 0.717) is 6.42 Å². The molecule has 3 unspecified atom stereocenters. The molecule has 0 amide bonds. The van der Waals surface area contributed by atoms with Crippen LogP contribution in [0.15, 0.2) is 34.9 Å². The summed E-state index contributed by atoms with van der Waals surface area (Å²) in [4.78, 5) is 0. The first-order chi connectivity index (χ1) is 11.1. The van der Waals surface area contributed by atoms with E-state index in [9.17, 15) is 13.5 Å². The number of hydrogen-bond donors (Lipinski definition) is 1. The molecule has 0 aromatic rings. The largest absolute Gasteiger partial charge is 0.387 e. The Balaban J connectivity index is 2.27. The van der Waals surface area contributed by atoms with Crippen LogP contribution in [0.2, 0.25) is 0 Å². The molecule has 1 aliphatic heterocycles. The van der Waals surface area contributed by atoms with E-state index < -0.39 is 26.4 Å². The van der Waals surface area contributed by atoms with Crippen molar-refractivity contribution in [1.82, 2.24) is 0 Å². The second-order valence-electron chi connectivity index (χ2n) is 7.96. The van der Waals surface area contributed by atoms with Gasteiger partial charge < -0.3 is 5.11 Å². The minimum Gasteiger partial charge on any atom is -0.387 e. The summed E-state index contributed by atoms with van der Waals surface area (Å²) >= 11 is 0. The van der Waals surface area contributed by atoms with Crippen LogP contribution in [0, 0.1) is 5.41 Å². The van der Waals surface area contributed by atoms with Crippen LogP contribution in [0.25, 0.3) is 0 Å². The molecule has 0 saturated carbocycles. The van der Waals surface area contributed by atoms with Gasteiger partial charge in [-0.25, -0.2) is 8.42 Å². The molecule has 0 radical (unpaired) electrons. The zero-order chi connectivity index (χ0) is 18.1. The first-order valence-electron chi connectivity index (χ1n) is 9.06. The predicted octanol–water partition coefficient (Wildman–Crippen LogP) is 4.34. The molecule has 0 saturated heterocycles. The van der Waals surface area contributed by atoms with Gasteiger partial charge in [0.1, 0.15) is 5.25 Å². The van der Waals surface area contributed by atoms with Crippen LogP contribution >= 0.6 is 0 Å². The standard InChI is InChI=1S/C20H32O3S/c1-6-9-14(2)19(21)18-12-15(3)17(24(18,22)23)13-16-10-7-8-11-20(16,4)5/h9-10,12,17-19,21H,6-8,11,13H2,1-5H3/b14-9+. The van der Waals surface area contributed by atoms with E-state index in [2.05, 4.69) is 19.9 Å². The normalized spacial score (nSPS) is 30.7. The highest BCUT2D eigenvalue weighted by molar-refractivity contribution is 7.93. The molecule has 0 spiro atoms. The molecule has 4 heteroatoms. The Morgan fingerprint density at radius 3 is 2.71 bits per heavy atom. The lowest BCUT2D eigenvalue weighted by atomic mass is 9.73. The smallest absolute Gasteiger partial charge is 0.166 e. The van der Waals surface area contributed by atoms with Gasteiger partial charge in [-0.05, 0) is 56.9 Å². The lowest BCUT2D eigenvalue weighted by Gasteiger charge is -2.33. The Kier molecular flexibility index (Phi) is 5.81. The molecule has 0 fully saturated rings. The van der Waals surface area contributed by atoms with Gasteiger partial charge >= 0.3 is 0 Å². The van der Waals surface area contributed by atoms with E-state index in [4.69, 9.17) is 0 Å². The summed E-state index contributed by atoms with van der Waals surface area (Å²) in [5, 5.41) is 9.22. The lowest BCUT2D eigenvalue weighted by molar-refractivity contribution is 0.216. The molecule has 24 heavy (non-hydrogen) atoms. The highest BCUT2D eigenvalue weighted by atomic mass is 32.2. The van der Waals surface area contributed by atoms with Crippen LogP contribution in [0.5, 0.6) is 0 Å². The third kappa shape index (κ3) is 3.70. The second kappa shape index (κ2) is 7.17. The molecular formula is C20H32O3S. The molecule has 0 aromatic heterocycles. The third-order valence-corrected chi connectivity index (χ3v) is 8.17. The lowest BCUT2D eigenvalue weighted by Crippen LogP contribution is -2.36. The minimum absolute atomic E-state index is 0.0722. The Morgan fingerprint density at radius 2 is 2.12 bits per heavy atom. The fourth-order valence-corrected chi connectivity index (χ4v) is 6.34. The van der Waals surface area contributed by atoms with E-state index in [1.165, 1.54) is 12.0 Å². The molecular weight excluding hydrogens is 320 g/mol. The topological polar surface area (TPSA) is 54.4 Å². The van der Waals surface area contributed by atoms with Crippen LogP contribution in [-0.2, 0) is 9.84 Å². The summed E-state index contributed by atoms with van der Waals surface area (Å²) in [5.74, 6) is 0. The number of rotatable bonds is 5. The van der Waals surface area contributed by atoms with Crippen molar-refractivity contribution in [2.45, 2.75) is 83.3 Å². The van der Waals surface area contributed by atoms with Crippen molar-refractivity contribution < 1.29 is 13.5 Å². The van der Waals surface area contributed by atoms with E-state index in [1.54, 1.807) is 6.08 Å². The van der Waals surface area contributed by atoms with Crippen molar-refractivity contribution in [2.24, 2.45) is 5.41 Å². The molecule has 3 atom stereocenters. The van der Waals surface area contributed by atoms with Gasteiger partial charge in [-0.1, -0.05) is 50.1 Å². The summed E-state index contributed by atoms with van der Waals surface area (Å²) in [7, 11) is -3.41. The van der Waals surface area contributed by atoms with Gasteiger partial charge in [0, 0.05) is 0 Å². The second-order valence-corrected chi connectivity index (χ2v) is 10.3. The monoisotopic (exact) mass is 352 g/mol. The first kappa shape index (κ1) is 19.5. The number of aliphatic hydroxyl groups excluding tert-OH is 1. The molecule has 2 rings (SSSR count). The van der Waals surface area contributed by atoms with Crippen molar-refractivity contribution >= 4 is 9.84 Å².